The van der Waals surface area contributed by atoms with Crippen LogP contribution in [-0.2, 0) is 0 Å². The molecule has 0 bridgehead atoms. The minimum absolute atomic E-state index is 0.198. The van der Waals surface area contributed by atoms with Crippen LogP contribution in [0, 0.1) is 12.8 Å². The molecule has 0 radical (unpaired) electrons. The van der Waals surface area contributed by atoms with E-state index in [1.165, 1.54) is 6.42 Å². The third kappa shape index (κ3) is 1.07. The van der Waals surface area contributed by atoms with Crippen LogP contribution in [0.4, 0.5) is 0 Å². The van der Waals surface area contributed by atoms with Crippen LogP contribution in [-0.4, -0.2) is 5.78 Å². The number of aryl methyl sites for hydroxylation is 1. The normalized spacial score (nSPS) is 17.4. The molecule has 2 heteroatoms. The number of rotatable bonds is 2. The summed E-state index contributed by atoms with van der Waals surface area (Å²) in [6.45, 7) is 1.91. The van der Waals surface area contributed by atoms with E-state index in [1.54, 1.807) is 6.26 Å². The fraction of sp³-hybridized carbons (Fsp3) is 0.500. The molecule has 0 aromatic carbocycles. The summed E-state index contributed by atoms with van der Waals surface area (Å²) in [4.78, 5) is 11.6. The fourth-order valence-corrected chi connectivity index (χ4v) is 1.48. The highest BCUT2D eigenvalue weighted by Crippen LogP contribution is 2.30. The van der Waals surface area contributed by atoms with Gasteiger partial charge in [0.25, 0.3) is 0 Å². The second-order valence-electron chi connectivity index (χ2n) is 3.42. The number of carbonyl (C=O) groups excluding carboxylic acids is 1. The van der Waals surface area contributed by atoms with Gasteiger partial charge in [-0.2, -0.15) is 0 Å². The molecule has 0 spiro atoms. The summed E-state index contributed by atoms with van der Waals surface area (Å²) in [5.74, 6) is 1.01. The minimum atomic E-state index is 0.198. The first-order valence-corrected chi connectivity index (χ1v) is 4.37. The lowest BCUT2D eigenvalue weighted by Crippen LogP contribution is -2.21. The van der Waals surface area contributed by atoms with Crippen LogP contribution in [0.2, 0.25) is 0 Å². The monoisotopic (exact) mass is 164 g/mol. The van der Waals surface area contributed by atoms with Crippen molar-refractivity contribution in [2.45, 2.75) is 26.2 Å². The molecule has 1 heterocycles. The predicted molar refractivity (Wildman–Crippen MR) is 45.1 cm³/mol. The summed E-state index contributed by atoms with van der Waals surface area (Å²) in [5, 5.41) is 0. The Morgan fingerprint density at radius 2 is 2.33 bits per heavy atom. The van der Waals surface area contributed by atoms with Gasteiger partial charge in [-0.25, -0.2) is 0 Å². The molecule has 12 heavy (non-hydrogen) atoms. The second kappa shape index (κ2) is 2.77. The van der Waals surface area contributed by atoms with Crippen LogP contribution in [0.25, 0.3) is 0 Å². The molecule has 1 saturated carbocycles. The second-order valence-corrected chi connectivity index (χ2v) is 3.42. The molecule has 0 saturated heterocycles. The Balaban J connectivity index is 2.19. The average molecular weight is 164 g/mol. The van der Waals surface area contributed by atoms with Gasteiger partial charge in [-0.3, -0.25) is 4.79 Å². The zero-order valence-corrected chi connectivity index (χ0v) is 7.17. The summed E-state index contributed by atoms with van der Waals surface area (Å²) in [6, 6.07) is 1.84. The Bertz CT molecular complexity index is 295. The van der Waals surface area contributed by atoms with Crippen LogP contribution < -0.4 is 0 Å². The van der Waals surface area contributed by atoms with Gasteiger partial charge in [-0.05, 0) is 31.4 Å². The fourth-order valence-electron chi connectivity index (χ4n) is 1.48. The third-order valence-corrected chi connectivity index (χ3v) is 2.56. The molecular formula is C10H12O2. The number of Topliss-reactive ketones (excluding diaryl/α,β-unsaturated/α-hetero) is 1. The molecule has 0 unspecified atom stereocenters. The van der Waals surface area contributed by atoms with Crippen molar-refractivity contribution in [3.63, 3.8) is 0 Å². The smallest absolute Gasteiger partial charge is 0.201 e. The number of furan rings is 1. The molecule has 2 nitrogen and oxygen atoms in total. The van der Waals surface area contributed by atoms with Crippen molar-refractivity contribution in [1.82, 2.24) is 0 Å². The van der Waals surface area contributed by atoms with Gasteiger partial charge in [0, 0.05) is 5.92 Å². The third-order valence-electron chi connectivity index (χ3n) is 2.56. The first-order valence-electron chi connectivity index (χ1n) is 4.37. The van der Waals surface area contributed by atoms with Crippen LogP contribution in [0.5, 0.6) is 0 Å². The average Bonchev–Trinajstić information content (AvgIpc) is 2.31. The molecule has 1 aromatic heterocycles. The first kappa shape index (κ1) is 7.59. The highest BCUT2D eigenvalue weighted by Gasteiger charge is 2.28. The molecule has 0 atom stereocenters. The maximum atomic E-state index is 11.6. The SMILES string of the molecule is Cc1ccoc1C(=O)C1CCC1. The van der Waals surface area contributed by atoms with Crippen LogP contribution in [0.15, 0.2) is 16.7 Å². The molecule has 1 aromatic rings. The van der Waals surface area contributed by atoms with Gasteiger partial charge in [0.15, 0.2) is 5.76 Å². The minimum Gasteiger partial charge on any atom is -0.461 e. The van der Waals surface area contributed by atoms with Crippen molar-refractivity contribution < 1.29 is 9.21 Å². The van der Waals surface area contributed by atoms with Gasteiger partial charge in [0.2, 0.25) is 5.78 Å². The van der Waals surface area contributed by atoms with E-state index in [-0.39, 0.29) is 11.7 Å². The molecule has 0 aliphatic heterocycles. The lowest BCUT2D eigenvalue weighted by molar-refractivity contribution is 0.0825. The predicted octanol–water partition coefficient (Wildman–Crippen LogP) is 2.57. The number of hydrogen-bond acceptors (Lipinski definition) is 2. The van der Waals surface area contributed by atoms with Gasteiger partial charge < -0.3 is 4.42 Å². The van der Waals surface area contributed by atoms with E-state index >= 15 is 0 Å². The van der Waals surface area contributed by atoms with Crippen LogP contribution >= 0.6 is 0 Å². The molecule has 0 N–H and O–H groups in total. The van der Waals surface area contributed by atoms with Gasteiger partial charge in [0.1, 0.15) is 0 Å². The van der Waals surface area contributed by atoms with Crippen molar-refractivity contribution in [3.05, 3.63) is 23.7 Å². The van der Waals surface area contributed by atoms with Crippen molar-refractivity contribution in [2.75, 3.05) is 0 Å². The van der Waals surface area contributed by atoms with E-state index in [1.807, 2.05) is 13.0 Å². The molecule has 1 aliphatic carbocycles. The van der Waals surface area contributed by atoms with Gasteiger partial charge in [-0.1, -0.05) is 6.42 Å². The molecule has 1 fully saturated rings. The van der Waals surface area contributed by atoms with E-state index in [9.17, 15) is 4.79 Å². The quantitative estimate of drug-likeness (QED) is 0.629. The molecule has 0 amide bonds. The topological polar surface area (TPSA) is 30.2 Å². The standard InChI is InChI=1S/C10H12O2/c1-7-5-6-12-10(7)9(11)8-3-2-4-8/h5-6,8H,2-4H2,1H3. The maximum Gasteiger partial charge on any atom is 0.201 e. The highest BCUT2D eigenvalue weighted by atomic mass is 16.3. The molecule has 2 rings (SSSR count). The Morgan fingerprint density at radius 3 is 2.75 bits per heavy atom. The van der Waals surface area contributed by atoms with E-state index in [4.69, 9.17) is 4.42 Å². The van der Waals surface area contributed by atoms with E-state index < -0.39 is 0 Å². The number of carbonyl (C=O) groups is 1. The van der Waals surface area contributed by atoms with Crippen molar-refractivity contribution in [1.29, 1.82) is 0 Å². The Hall–Kier alpha value is -1.05. The summed E-state index contributed by atoms with van der Waals surface area (Å²) in [5.41, 5.74) is 0.965. The lowest BCUT2D eigenvalue weighted by atomic mass is 9.81. The lowest BCUT2D eigenvalue weighted by Gasteiger charge is -2.22. The summed E-state index contributed by atoms with van der Waals surface area (Å²) >= 11 is 0. The number of hydrogen-bond donors (Lipinski definition) is 0. The van der Waals surface area contributed by atoms with Crippen molar-refractivity contribution in [3.8, 4) is 0 Å². The first-order chi connectivity index (χ1) is 5.79. The maximum absolute atomic E-state index is 11.6. The molecular weight excluding hydrogens is 152 g/mol. The van der Waals surface area contributed by atoms with Crippen molar-refractivity contribution in [2.24, 2.45) is 5.92 Å². The Labute approximate surface area is 71.6 Å². The zero-order chi connectivity index (χ0) is 8.55. The largest absolute Gasteiger partial charge is 0.461 e. The van der Waals surface area contributed by atoms with Crippen LogP contribution in [0.1, 0.15) is 35.4 Å². The van der Waals surface area contributed by atoms with Crippen LogP contribution in [0.3, 0.4) is 0 Å². The number of ketones is 1. The Kier molecular flexibility index (Phi) is 1.75. The summed E-state index contributed by atoms with van der Waals surface area (Å²) < 4.78 is 5.13. The van der Waals surface area contributed by atoms with Gasteiger partial charge in [0.05, 0.1) is 6.26 Å². The van der Waals surface area contributed by atoms with Gasteiger partial charge in [-0.15, -0.1) is 0 Å². The molecule has 1 aliphatic rings. The highest BCUT2D eigenvalue weighted by molar-refractivity contribution is 5.96. The molecule has 64 valence electrons. The zero-order valence-electron chi connectivity index (χ0n) is 7.17. The Morgan fingerprint density at radius 1 is 1.58 bits per heavy atom. The van der Waals surface area contributed by atoms with E-state index in [0.717, 1.165) is 18.4 Å². The van der Waals surface area contributed by atoms with Crippen molar-refractivity contribution >= 4 is 5.78 Å². The summed E-state index contributed by atoms with van der Waals surface area (Å²) in [6.07, 6.45) is 4.86. The summed E-state index contributed by atoms with van der Waals surface area (Å²) in [7, 11) is 0. The van der Waals surface area contributed by atoms with E-state index in [0.29, 0.717) is 5.76 Å². The van der Waals surface area contributed by atoms with E-state index in [2.05, 4.69) is 0 Å². The van der Waals surface area contributed by atoms with Gasteiger partial charge >= 0.3 is 0 Å².